The summed E-state index contributed by atoms with van der Waals surface area (Å²) in [5, 5.41) is 19.3. The molecule has 94 valence electrons. The maximum atomic E-state index is 13.2. The smallest absolute Gasteiger partial charge is 0.329 e. The number of ether oxygens (including phenoxy) is 1. The van der Waals surface area contributed by atoms with E-state index in [0.717, 1.165) is 6.07 Å². The van der Waals surface area contributed by atoms with Gasteiger partial charge in [-0.2, -0.15) is 5.26 Å². The standard InChI is InChI=1S/C11H9FN2O4/c12-8-2-1-3-9(7(8)4-13)14-10(15)5-18-6-11(16)17/h1-3H,5-6H2,(H,14,15)(H,16,17). The number of benzene rings is 1. The lowest BCUT2D eigenvalue weighted by atomic mass is 10.2. The van der Waals surface area contributed by atoms with Crippen LogP contribution in [0.15, 0.2) is 18.2 Å². The average molecular weight is 252 g/mol. The summed E-state index contributed by atoms with van der Waals surface area (Å²) in [6.07, 6.45) is 0. The van der Waals surface area contributed by atoms with Crippen molar-refractivity contribution in [3.05, 3.63) is 29.6 Å². The van der Waals surface area contributed by atoms with Gasteiger partial charge in [0.25, 0.3) is 0 Å². The Morgan fingerprint density at radius 3 is 2.78 bits per heavy atom. The van der Waals surface area contributed by atoms with Gasteiger partial charge in [-0.15, -0.1) is 0 Å². The van der Waals surface area contributed by atoms with Crippen LogP contribution in [0, 0.1) is 17.1 Å². The second-order valence-corrected chi connectivity index (χ2v) is 3.21. The van der Waals surface area contributed by atoms with Gasteiger partial charge in [-0.25, -0.2) is 9.18 Å². The highest BCUT2D eigenvalue weighted by atomic mass is 19.1. The molecule has 0 bridgehead atoms. The predicted molar refractivity (Wildman–Crippen MR) is 58.2 cm³/mol. The number of nitrogens with one attached hydrogen (secondary N) is 1. The molecule has 2 N–H and O–H groups in total. The molecule has 7 heteroatoms. The summed E-state index contributed by atoms with van der Waals surface area (Å²) in [5.41, 5.74) is -0.273. The Kier molecular flexibility index (Phi) is 4.78. The van der Waals surface area contributed by atoms with Crippen LogP contribution >= 0.6 is 0 Å². The van der Waals surface area contributed by atoms with Crippen molar-refractivity contribution in [1.29, 1.82) is 5.26 Å². The SMILES string of the molecule is N#Cc1c(F)cccc1NC(=O)COCC(=O)O. The summed E-state index contributed by atoms with van der Waals surface area (Å²) in [7, 11) is 0. The predicted octanol–water partition coefficient (Wildman–Crippen LogP) is 0.737. The summed E-state index contributed by atoms with van der Waals surface area (Å²) in [6, 6.07) is 5.41. The molecule has 0 fully saturated rings. The Balaban J connectivity index is 2.63. The third-order valence-electron chi connectivity index (χ3n) is 1.86. The number of carboxylic acids is 1. The topological polar surface area (TPSA) is 99.4 Å². The molecule has 18 heavy (non-hydrogen) atoms. The molecule has 1 amide bonds. The Bertz CT molecular complexity index is 510. The van der Waals surface area contributed by atoms with Crippen molar-refractivity contribution in [2.24, 2.45) is 0 Å². The number of nitriles is 1. The van der Waals surface area contributed by atoms with E-state index in [0.29, 0.717) is 0 Å². The number of amides is 1. The number of hydrogen-bond donors (Lipinski definition) is 2. The Hall–Kier alpha value is -2.46. The molecule has 0 saturated carbocycles. The number of halogens is 1. The Morgan fingerprint density at radius 1 is 1.44 bits per heavy atom. The highest BCUT2D eigenvalue weighted by molar-refractivity contribution is 5.93. The quantitative estimate of drug-likeness (QED) is 0.805. The molecule has 1 rings (SSSR count). The van der Waals surface area contributed by atoms with Crippen LogP contribution in [0.5, 0.6) is 0 Å². The molecule has 0 unspecified atom stereocenters. The third kappa shape index (κ3) is 3.84. The fourth-order valence-electron chi connectivity index (χ4n) is 1.16. The molecule has 0 spiro atoms. The van der Waals surface area contributed by atoms with E-state index in [4.69, 9.17) is 10.4 Å². The van der Waals surface area contributed by atoms with Crippen LogP contribution in [0.3, 0.4) is 0 Å². The molecule has 0 radical (unpaired) electrons. The van der Waals surface area contributed by atoms with Gasteiger partial charge in [0.05, 0.1) is 5.69 Å². The number of anilines is 1. The first-order chi connectivity index (χ1) is 8.54. The number of rotatable bonds is 5. The Labute approximate surface area is 102 Å². The van der Waals surface area contributed by atoms with Crippen LogP contribution in [0.2, 0.25) is 0 Å². The highest BCUT2D eigenvalue weighted by Gasteiger charge is 2.11. The molecular weight excluding hydrogens is 243 g/mol. The molecule has 1 aromatic rings. The van der Waals surface area contributed by atoms with Crippen molar-refractivity contribution < 1.29 is 23.8 Å². The largest absolute Gasteiger partial charge is 0.480 e. The van der Waals surface area contributed by atoms with Crippen LogP contribution < -0.4 is 5.32 Å². The van der Waals surface area contributed by atoms with E-state index < -0.39 is 30.9 Å². The zero-order chi connectivity index (χ0) is 13.5. The molecular formula is C11H9FN2O4. The molecule has 6 nitrogen and oxygen atoms in total. The zero-order valence-corrected chi connectivity index (χ0v) is 9.14. The normalized spacial score (nSPS) is 9.56. The van der Waals surface area contributed by atoms with Crippen LogP contribution in [-0.4, -0.2) is 30.2 Å². The number of carbonyl (C=O) groups excluding carboxylic acids is 1. The maximum Gasteiger partial charge on any atom is 0.329 e. The lowest BCUT2D eigenvalue weighted by Crippen LogP contribution is -2.21. The lowest BCUT2D eigenvalue weighted by Gasteiger charge is -2.07. The third-order valence-corrected chi connectivity index (χ3v) is 1.86. The van der Waals surface area contributed by atoms with Crippen molar-refractivity contribution in [2.75, 3.05) is 18.5 Å². The molecule has 0 atom stereocenters. The highest BCUT2D eigenvalue weighted by Crippen LogP contribution is 2.17. The van der Waals surface area contributed by atoms with Crippen LogP contribution in [0.25, 0.3) is 0 Å². The number of aliphatic carboxylic acids is 1. The molecule has 0 aromatic heterocycles. The molecule has 0 heterocycles. The van der Waals surface area contributed by atoms with Crippen LogP contribution in [-0.2, 0) is 14.3 Å². The maximum absolute atomic E-state index is 13.2. The van der Waals surface area contributed by atoms with Crippen molar-refractivity contribution in [2.45, 2.75) is 0 Å². The molecule has 0 aliphatic rings. The summed E-state index contributed by atoms with van der Waals surface area (Å²) in [4.78, 5) is 21.4. The summed E-state index contributed by atoms with van der Waals surface area (Å²) in [5.74, 6) is -2.62. The molecule has 1 aromatic carbocycles. The van der Waals surface area contributed by atoms with Gasteiger partial charge < -0.3 is 15.2 Å². The van der Waals surface area contributed by atoms with Gasteiger partial charge in [0.15, 0.2) is 0 Å². The molecule has 0 aliphatic carbocycles. The van der Waals surface area contributed by atoms with Gasteiger partial charge in [-0.05, 0) is 12.1 Å². The van der Waals surface area contributed by atoms with Gasteiger partial charge in [0, 0.05) is 0 Å². The second kappa shape index (κ2) is 6.32. The first kappa shape index (κ1) is 13.6. The molecule has 0 aliphatic heterocycles. The number of carbonyl (C=O) groups is 2. The van der Waals surface area contributed by atoms with Crippen LogP contribution in [0.1, 0.15) is 5.56 Å². The van der Waals surface area contributed by atoms with E-state index in [9.17, 15) is 14.0 Å². The first-order valence-electron chi connectivity index (χ1n) is 4.82. The van der Waals surface area contributed by atoms with E-state index in [2.05, 4.69) is 10.1 Å². The fraction of sp³-hybridized carbons (Fsp3) is 0.182. The first-order valence-corrected chi connectivity index (χ1v) is 4.82. The average Bonchev–Trinajstić information content (AvgIpc) is 2.28. The lowest BCUT2D eigenvalue weighted by molar-refractivity contribution is -0.143. The molecule has 0 saturated heterocycles. The van der Waals surface area contributed by atoms with E-state index >= 15 is 0 Å². The van der Waals surface area contributed by atoms with Gasteiger partial charge in [0.1, 0.15) is 30.7 Å². The van der Waals surface area contributed by atoms with Gasteiger partial charge in [-0.1, -0.05) is 6.07 Å². The van der Waals surface area contributed by atoms with Gasteiger partial charge in [0.2, 0.25) is 5.91 Å². The van der Waals surface area contributed by atoms with Crippen molar-refractivity contribution >= 4 is 17.6 Å². The Morgan fingerprint density at radius 2 is 2.17 bits per heavy atom. The monoisotopic (exact) mass is 252 g/mol. The number of carboxylic acid groups (broad SMARTS) is 1. The van der Waals surface area contributed by atoms with E-state index in [1.807, 2.05) is 0 Å². The van der Waals surface area contributed by atoms with Gasteiger partial charge in [-0.3, -0.25) is 4.79 Å². The van der Waals surface area contributed by atoms with E-state index in [-0.39, 0.29) is 11.3 Å². The summed E-state index contributed by atoms with van der Waals surface area (Å²) in [6.45, 7) is -1.10. The minimum atomic E-state index is -1.20. The minimum Gasteiger partial charge on any atom is -0.480 e. The summed E-state index contributed by atoms with van der Waals surface area (Å²) >= 11 is 0. The van der Waals surface area contributed by atoms with E-state index in [1.165, 1.54) is 12.1 Å². The van der Waals surface area contributed by atoms with Crippen molar-refractivity contribution in [1.82, 2.24) is 0 Å². The second-order valence-electron chi connectivity index (χ2n) is 3.21. The number of nitrogens with zero attached hydrogens (tertiary/aromatic N) is 1. The fourth-order valence-corrected chi connectivity index (χ4v) is 1.16. The zero-order valence-electron chi connectivity index (χ0n) is 9.14. The van der Waals surface area contributed by atoms with Gasteiger partial charge >= 0.3 is 5.97 Å². The number of hydrogen-bond acceptors (Lipinski definition) is 4. The summed E-state index contributed by atoms with van der Waals surface area (Å²) < 4.78 is 17.7. The minimum absolute atomic E-state index is 0.0152. The van der Waals surface area contributed by atoms with E-state index in [1.54, 1.807) is 6.07 Å². The van der Waals surface area contributed by atoms with Crippen molar-refractivity contribution in [3.63, 3.8) is 0 Å². The van der Waals surface area contributed by atoms with Crippen molar-refractivity contribution in [3.8, 4) is 6.07 Å². The van der Waals surface area contributed by atoms with Crippen LogP contribution in [0.4, 0.5) is 10.1 Å².